The molecule has 5 heteroatoms. The Bertz CT molecular complexity index is 1990. The van der Waals surface area contributed by atoms with Gasteiger partial charge in [-0.25, -0.2) is 4.98 Å². The Kier molecular flexibility index (Phi) is 5.93. The van der Waals surface area contributed by atoms with Gasteiger partial charge in [-0.2, -0.15) is 13.2 Å². The average molecular weight is 541 g/mol. The number of anilines is 3. The smallest absolute Gasteiger partial charge is 0.294 e. The van der Waals surface area contributed by atoms with Gasteiger partial charge >= 0.3 is 6.18 Å². The summed E-state index contributed by atoms with van der Waals surface area (Å²) >= 11 is 0. The van der Waals surface area contributed by atoms with Gasteiger partial charge in [-0.1, -0.05) is 115 Å². The van der Waals surface area contributed by atoms with Crippen LogP contribution in [0.2, 0.25) is 0 Å². The molecule has 6 aromatic carbocycles. The maximum Gasteiger partial charge on any atom is 0.433 e. The molecule has 0 aliphatic carbocycles. The number of rotatable bonds is 4. The van der Waals surface area contributed by atoms with Gasteiger partial charge in [-0.15, -0.1) is 0 Å². The highest BCUT2D eigenvalue weighted by Crippen LogP contribution is 2.48. The zero-order valence-electron chi connectivity index (χ0n) is 21.8. The Morgan fingerprint density at radius 1 is 0.488 bits per heavy atom. The van der Waals surface area contributed by atoms with E-state index in [2.05, 4.69) is 47.4 Å². The first kappa shape index (κ1) is 24.9. The fourth-order valence-electron chi connectivity index (χ4n) is 5.74. The predicted molar refractivity (Wildman–Crippen MR) is 162 cm³/mol. The van der Waals surface area contributed by atoms with Crippen molar-refractivity contribution in [3.63, 3.8) is 0 Å². The fraction of sp³-hybridized carbons (Fsp3) is 0.0278. The lowest BCUT2D eigenvalue weighted by molar-refractivity contribution is -0.141. The largest absolute Gasteiger partial charge is 0.433 e. The quantitative estimate of drug-likeness (QED) is 0.206. The van der Waals surface area contributed by atoms with E-state index in [1.54, 1.807) is 6.07 Å². The molecule has 0 amide bonds. The molecular formula is C36H23F3N2. The average Bonchev–Trinajstić information content (AvgIpc) is 3.01. The molecule has 0 atom stereocenters. The van der Waals surface area contributed by atoms with Gasteiger partial charge in [0, 0.05) is 16.5 Å². The summed E-state index contributed by atoms with van der Waals surface area (Å²) in [4.78, 5) is 5.97. The summed E-state index contributed by atoms with van der Waals surface area (Å²) in [6.45, 7) is 0. The first-order valence-corrected chi connectivity index (χ1v) is 13.3. The second kappa shape index (κ2) is 9.79. The van der Waals surface area contributed by atoms with Crippen LogP contribution in [0.5, 0.6) is 0 Å². The van der Waals surface area contributed by atoms with E-state index in [9.17, 15) is 13.2 Å². The molecule has 0 aliphatic heterocycles. The van der Waals surface area contributed by atoms with Crippen LogP contribution in [-0.4, -0.2) is 4.98 Å². The first-order valence-electron chi connectivity index (χ1n) is 13.3. The minimum absolute atomic E-state index is 0.194. The van der Waals surface area contributed by atoms with Gasteiger partial charge < -0.3 is 0 Å². The molecule has 41 heavy (non-hydrogen) atoms. The van der Waals surface area contributed by atoms with E-state index in [1.165, 1.54) is 6.07 Å². The Labute approximate surface area is 234 Å². The van der Waals surface area contributed by atoms with Crippen molar-refractivity contribution in [3.8, 4) is 11.1 Å². The summed E-state index contributed by atoms with van der Waals surface area (Å²) in [6.07, 6.45) is -4.57. The van der Waals surface area contributed by atoms with Crippen LogP contribution in [0.4, 0.5) is 30.4 Å². The van der Waals surface area contributed by atoms with Crippen LogP contribution in [0.15, 0.2) is 140 Å². The van der Waals surface area contributed by atoms with Crippen LogP contribution >= 0.6 is 0 Å². The summed E-state index contributed by atoms with van der Waals surface area (Å²) < 4.78 is 41.5. The van der Waals surface area contributed by atoms with Gasteiger partial charge in [0.25, 0.3) is 0 Å². The molecule has 0 spiro atoms. The standard InChI is InChI=1S/C36H23F3N2/c37-36(38,39)32-22-11-23-33(40-32)41(25-14-2-1-3-15-25)35-30-19-8-6-17-28(30)34(29-18-7-9-20-31(29)35)27-21-10-13-24-12-4-5-16-26(24)27/h1-23H. The lowest BCUT2D eigenvalue weighted by atomic mass is 9.88. The maximum absolute atomic E-state index is 13.8. The summed E-state index contributed by atoms with van der Waals surface area (Å²) in [5.41, 5.74) is 2.75. The van der Waals surface area contributed by atoms with Crippen molar-refractivity contribution < 1.29 is 13.2 Å². The molecule has 0 bridgehead atoms. The number of aromatic nitrogens is 1. The predicted octanol–water partition coefficient (Wildman–Crippen LogP) is 10.7. The van der Waals surface area contributed by atoms with Crippen LogP contribution in [0.3, 0.4) is 0 Å². The van der Waals surface area contributed by atoms with Gasteiger partial charge in [0.1, 0.15) is 11.5 Å². The van der Waals surface area contributed by atoms with E-state index in [-0.39, 0.29) is 5.82 Å². The number of pyridine rings is 1. The summed E-state index contributed by atoms with van der Waals surface area (Å²) in [5.74, 6) is 0.194. The molecule has 7 aromatic rings. The van der Waals surface area contributed by atoms with Crippen LogP contribution in [0.1, 0.15) is 5.69 Å². The maximum atomic E-state index is 13.8. The van der Waals surface area contributed by atoms with E-state index >= 15 is 0 Å². The normalized spacial score (nSPS) is 11.8. The molecule has 0 unspecified atom stereocenters. The number of benzene rings is 6. The summed E-state index contributed by atoms with van der Waals surface area (Å²) in [5, 5.41) is 6.11. The first-order chi connectivity index (χ1) is 20.0. The lowest BCUT2D eigenvalue weighted by Crippen LogP contribution is -2.16. The Morgan fingerprint density at radius 2 is 1.02 bits per heavy atom. The van der Waals surface area contributed by atoms with Crippen molar-refractivity contribution in [3.05, 3.63) is 145 Å². The number of nitrogens with zero attached hydrogens (tertiary/aromatic N) is 2. The second-order valence-electron chi connectivity index (χ2n) is 9.89. The third kappa shape index (κ3) is 4.27. The van der Waals surface area contributed by atoms with Crippen molar-refractivity contribution in [1.82, 2.24) is 4.98 Å². The van der Waals surface area contributed by atoms with Crippen LogP contribution in [-0.2, 0) is 6.18 Å². The Hall–Kier alpha value is -5.16. The minimum atomic E-state index is -4.57. The van der Waals surface area contributed by atoms with Gasteiger partial charge in [0.2, 0.25) is 0 Å². The highest BCUT2D eigenvalue weighted by Gasteiger charge is 2.33. The highest BCUT2D eigenvalue weighted by atomic mass is 19.4. The van der Waals surface area contributed by atoms with Crippen LogP contribution in [0.25, 0.3) is 43.4 Å². The molecular weight excluding hydrogens is 517 g/mol. The second-order valence-corrected chi connectivity index (χ2v) is 9.89. The Morgan fingerprint density at radius 3 is 1.68 bits per heavy atom. The number of alkyl halides is 3. The minimum Gasteiger partial charge on any atom is -0.294 e. The SMILES string of the molecule is FC(F)(F)c1cccc(N(c2ccccc2)c2c3ccccc3c(-c3cccc4ccccc34)c3ccccc23)n1. The molecule has 0 fully saturated rings. The summed E-state index contributed by atoms with van der Waals surface area (Å²) in [6, 6.07) is 44.3. The molecule has 0 aliphatic rings. The van der Waals surface area contributed by atoms with Crippen molar-refractivity contribution in [2.24, 2.45) is 0 Å². The van der Waals surface area contributed by atoms with Crippen LogP contribution in [0, 0.1) is 0 Å². The van der Waals surface area contributed by atoms with E-state index in [1.807, 2.05) is 83.8 Å². The van der Waals surface area contributed by atoms with Gasteiger partial charge in [-0.05, 0) is 56.9 Å². The lowest BCUT2D eigenvalue weighted by Gasteiger charge is -2.29. The van der Waals surface area contributed by atoms with Crippen molar-refractivity contribution >= 4 is 49.5 Å². The van der Waals surface area contributed by atoms with Crippen LogP contribution < -0.4 is 4.90 Å². The monoisotopic (exact) mass is 540 g/mol. The van der Waals surface area contributed by atoms with E-state index in [4.69, 9.17) is 0 Å². The third-order valence-electron chi connectivity index (χ3n) is 7.45. The van der Waals surface area contributed by atoms with E-state index in [0.717, 1.165) is 55.2 Å². The zero-order chi connectivity index (χ0) is 28.0. The number of hydrogen-bond acceptors (Lipinski definition) is 2. The zero-order valence-corrected chi connectivity index (χ0v) is 21.8. The number of hydrogen-bond donors (Lipinski definition) is 0. The van der Waals surface area contributed by atoms with Gasteiger partial charge in [-0.3, -0.25) is 4.90 Å². The molecule has 7 rings (SSSR count). The topological polar surface area (TPSA) is 16.1 Å². The molecule has 0 radical (unpaired) electrons. The molecule has 198 valence electrons. The Balaban J connectivity index is 1.62. The fourth-order valence-corrected chi connectivity index (χ4v) is 5.74. The van der Waals surface area contributed by atoms with E-state index in [0.29, 0.717) is 5.69 Å². The molecule has 0 N–H and O–H groups in total. The highest BCUT2D eigenvalue weighted by molar-refractivity contribution is 6.24. The molecule has 1 aromatic heterocycles. The molecule has 0 saturated heterocycles. The van der Waals surface area contributed by atoms with Crippen molar-refractivity contribution in [2.45, 2.75) is 6.18 Å². The third-order valence-corrected chi connectivity index (χ3v) is 7.45. The van der Waals surface area contributed by atoms with Crippen molar-refractivity contribution in [2.75, 3.05) is 4.90 Å². The molecule has 2 nitrogen and oxygen atoms in total. The van der Waals surface area contributed by atoms with E-state index < -0.39 is 11.9 Å². The van der Waals surface area contributed by atoms with Gasteiger partial charge in [0.15, 0.2) is 0 Å². The number of para-hydroxylation sites is 1. The molecule has 1 heterocycles. The molecule has 0 saturated carbocycles. The van der Waals surface area contributed by atoms with Crippen molar-refractivity contribution in [1.29, 1.82) is 0 Å². The number of fused-ring (bicyclic) bond motifs is 3. The van der Waals surface area contributed by atoms with Gasteiger partial charge in [0.05, 0.1) is 5.69 Å². The number of halogens is 3. The summed E-state index contributed by atoms with van der Waals surface area (Å²) in [7, 11) is 0.